The average Bonchev–Trinajstić information content (AvgIpc) is 2.82. The zero-order valence-electron chi connectivity index (χ0n) is 14.1. The number of rotatable bonds is 5. The lowest BCUT2D eigenvalue weighted by molar-refractivity contribution is -0.141. The molecule has 1 aliphatic rings. The number of morpholine rings is 1. The molecule has 3 atom stereocenters. The predicted molar refractivity (Wildman–Crippen MR) is 85.5 cm³/mol. The quantitative estimate of drug-likeness (QED) is 0.884. The minimum Gasteiger partial charge on any atom is -0.373 e. The summed E-state index contributed by atoms with van der Waals surface area (Å²) < 4.78 is 7.74. The molecule has 0 spiro atoms. The Morgan fingerprint density at radius 3 is 2.86 bits per heavy atom. The summed E-state index contributed by atoms with van der Waals surface area (Å²) in [6, 6.07) is 1.63. The number of hydrogen-bond donors (Lipinski definition) is 1. The molecule has 0 aromatic carbocycles. The molecule has 1 aromatic rings. The molecule has 6 nitrogen and oxygen atoms in total. The first-order valence-corrected chi connectivity index (χ1v) is 8.09. The maximum absolute atomic E-state index is 12.5. The van der Waals surface area contributed by atoms with Gasteiger partial charge in [-0.1, -0.05) is 20.3 Å². The van der Waals surface area contributed by atoms with Crippen LogP contribution in [0.3, 0.4) is 0 Å². The van der Waals surface area contributed by atoms with Crippen molar-refractivity contribution < 1.29 is 9.53 Å². The largest absolute Gasteiger partial charge is 0.373 e. The molecule has 0 saturated carbocycles. The van der Waals surface area contributed by atoms with E-state index in [0.29, 0.717) is 26.2 Å². The second-order valence-corrected chi connectivity index (χ2v) is 6.30. The fourth-order valence-electron chi connectivity index (χ4n) is 2.79. The van der Waals surface area contributed by atoms with E-state index in [1.807, 2.05) is 36.4 Å². The van der Waals surface area contributed by atoms with E-state index in [2.05, 4.69) is 12.0 Å². The topological polar surface area (TPSA) is 73.4 Å². The fourth-order valence-corrected chi connectivity index (χ4v) is 2.79. The maximum Gasteiger partial charge on any atom is 0.239 e. The minimum absolute atomic E-state index is 0.0279. The van der Waals surface area contributed by atoms with Gasteiger partial charge >= 0.3 is 0 Å². The van der Waals surface area contributed by atoms with Crippen LogP contribution in [0, 0.1) is 19.8 Å². The SMILES string of the molecule is CCC(C)C(N)C(=O)N1CCOC(Cn2nc(C)cc2C)C1. The number of carbonyl (C=O) groups is 1. The Hall–Kier alpha value is -1.40. The molecule has 2 rings (SSSR count). The highest BCUT2D eigenvalue weighted by molar-refractivity contribution is 5.82. The smallest absolute Gasteiger partial charge is 0.239 e. The van der Waals surface area contributed by atoms with E-state index in [9.17, 15) is 4.79 Å². The van der Waals surface area contributed by atoms with Crippen molar-refractivity contribution in [3.05, 3.63) is 17.5 Å². The van der Waals surface area contributed by atoms with Crippen LogP contribution in [-0.4, -0.2) is 52.4 Å². The lowest BCUT2D eigenvalue weighted by Crippen LogP contribution is -2.53. The molecule has 1 aromatic heterocycles. The van der Waals surface area contributed by atoms with Gasteiger partial charge in [0.1, 0.15) is 0 Å². The molecule has 0 aliphatic carbocycles. The summed E-state index contributed by atoms with van der Waals surface area (Å²) in [5, 5.41) is 4.46. The van der Waals surface area contributed by atoms with Gasteiger partial charge in [-0.25, -0.2) is 0 Å². The molecule has 1 saturated heterocycles. The van der Waals surface area contributed by atoms with Crippen molar-refractivity contribution in [2.24, 2.45) is 11.7 Å². The average molecular weight is 308 g/mol. The number of hydrogen-bond acceptors (Lipinski definition) is 4. The van der Waals surface area contributed by atoms with Crippen LogP contribution in [0.4, 0.5) is 0 Å². The maximum atomic E-state index is 12.5. The van der Waals surface area contributed by atoms with Crippen LogP contribution >= 0.6 is 0 Å². The van der Waals surface area contributed by atoms with E-state index in [1.165, 1.54) is 0 Å². The first kappa shape index (κ1) is 17.0. The van der Waals surface area contributed by atoms with Crippen molar-refractivity contribution in [1.29, 1.82) is 0 Å². The second-order valence-electron chi connectivity index (χ2n) is 6.30. The van der Waals surface area contributed by atoms with Gasteiger partial charge in [0.05, 0.1) is 31.0 Å². The molecule has 1 amide bonds. The Kier molecular flexibility index (Phi) is 5.58. The Bertz CT molecular complexity index is 514. The number of carbonyl (C=O) groups excluding carboxylic acids is 1. The van der Waals surface area contributed by atoms with Gasteiger partial charge in [0.25, 0.3) is 0 Å². The second kappa shape index (κ2) is 7.24. The molecule has 0 bridgehead atoms. The molecule has 22 heavy (non-hydrogen) atoms. The summed E-state index contributed by atoms with van der Waals surface area (Å²) in [6.45, 7) is 10.5. The molecule has 3 unspecified atom stereocenters. The van der Waals surface area contributed by atoms with E-state index in [1.54, 1.807) is 0 Å². The number of amides is 1. The van der Waals surface area contributed by atoms with Gasteiger partial charge < -0.3 is 15.4 Å². The molecule has 2 N–H and O–H groups in total. The lowest BCUT2D eigenvalue weighted by Gasteiger charge is -2.35. The Morgan fingerprint density at radius 1 is 1.55 bits per heavy atom. The molecule has 6 heteroatoms. The van der Waals surface area contributed by atoms with Gasteiger partial charge in [-0.05, 0) is 25.8 Å². The molecule has 124 valence electrons. The molecular weight excluding hydrogens is 280 g/mol. The van der Waals surface area contributed by atoms with Gasteiger partial charge in [0.15, 0.2) is 0 Å². The first-order valence-electron chi connectivity index (χ1n) is 8.09. The Morgan fingerprint density at radius 2 is 2.27 bits per heavy atom. The van der Waals surface area contributed by atoms with Crippen molar-refractivity contribution in [1.82, 2.24) is 14.7 Å². The van der Waals surface area contributed by atoms with Crippen molar-refractivity contribution >= 4 is 5.91 Å². The fraction of sp³-hybridized carbons (Fsp3) is 0.750. The van der Waals surface area contributed by atoms with Crippen molar-refractivity contribution in [3.63, 3.8) is 0 Å². The van der Waals surface area contributed by atoms with Gasteiger partial charge in [0, 0.05) is 18.8 Å². The number of nitrogens with zero attached hydrogens (tertiary/aromatic N) is 3. The molecule has 0 radical (unpaired) electrons. The zero-order chi connectivity index (χ0) is 16.3. The van der Waals surface area contributed by atoms with Crippen molar-refractivity contribution in [2.75, 3.05) is 19.7 Å². The third kappa shape index (κ3) is 3.87. The predicted octanol–water partition coefficient (Wildman–Crippen LogP) is 1.10. The zero-order valence-corrected chi connectivity index (χ0v) is 14.1. The normalized spacial score (nSPS) is 21.7. The van der Waals surface area contributed by atoms with Crippen molar-refractivity contribution in [3.8, 4) is 0 Å². The van der Waals surface area contributed by atoms with Gasteiger partial charge in [-0.2, -0.15) is 5.10 Å². The third-order valence-electron chi connectivity index (χ3n) is 4.47. The molecular formula is C16H28N4O2. The summed E-state index contributed by atoms with van der Waals surface area (Å²) in [5.74, 6) is 0.237. The highest BCUT2D eigenvalue weighted by Crippen LogP contribution is 2.14. The number of nitrogens with two attached hydrogens (primary N) is 1. The Labute approximate surface area is 132 Å². The van der Waals surface area contributed by atoms with E-state index < -0.39 is 6.04 Å². The minimum atomic E-state index is -0.419. The molecule has 1 aliphatic heterocycles. The highest BCUT2D eigenvalue weighted by atomic mass is 16.5. The van der Waals surface area contributed by atoms with E-state index >= 15 is 0 Å². The van der Waals surface area contributed by atoms with E-state index in [0.717, 1.165) is 17.8 Å². The van der Waals surface area contributed by atoms with Crippen LogP contribution in [0.25, 0.3) is 0 Å². The summed E-state index contributed by atoms with van der Waals surface area (Å²) in [7, 11) is 0. The lowest BCUT2D eigenvalue weighted by atomic mass is 9.98. The standard InChI is InChI=1S/C16H28N4O2/c1-5-11(2)15(17)16(21)19-6-7-22-14(9-19)10-20-13(4)8-12(3)18-20/h8,11,14-15H,5-7,9-10,17H2,1-4H3. The molecule has 2 heterocycles. The number of aryl methyl sites for hydroxylation is 2. The summed E-state index contributed by atoms with van der Waals surface area (Å²) >= 11 is 0. The van der Waals surface area contributed by atoms with E-state index in [-0.39, 0.29) is 17.9 Å². The van der Waals surface area contributed by atoms with Gasteiger partial charge in [-0.3, -0.25) is 9.48 Å². The van der Waals surface area contributed by atoms with Crippen LogP contribution in [0.2, 0.25) is 0 Å². The highest BCUT2D eigenvalue weighted by Gasteiger charge is 2.30. The van der Waals surface area contributed by atoms with Crippen LogP contribution in [0.1, 0.15) is 31.7 Å². The third-order valence-corrected chi connectivity index (χ3v) is 4.47. The summed E-state index contributed by atoms with van der Waals surface area (Å²) in [5.41, 5.74) is 8.19. The summed E-state index contributed by atoms with van der Waals surface area (Å²) in [4.78, 5) is 14.3. The van der Waals surface area contributed by atoms with Crippen LogP contribution < -0.4 is 5.73 Å². The van der Waals surface area contributed by atoms with Crippen LogP contribution in [0.15, 0.2) is 6.07 Å². The van der Waals surface area contributed by atoms with E-state index in [4.69, 9.17) is 10.5 Å². The van der Waals surface area contributed by atoms with Crippen molar-refractivity contribution in [2.45, 2.75) is 52.8 Å². The molecule has 1 fully saturated rings. The van der Waals surface area contributed by atoms with Gasteiger partial charge in [0.2, 0.25) is 5.91 Å². The monoisotopic (exact) mass is 308 g/mol. The van der Waals surface area contributed by atoms with Crippen LogP contribution in [0.5, 0.6) is 0 Å². The number of aromatic nitrogens is 2. The summed E-state index contributed by atoms with van der Waals surface area (Å²) in [6.07, 6.45) is 0.881. The number of ether oxygens (including phenoxy) is 1. The first-order chi connectivity index (χ1) is 10.4. The van der Waals surface area contributed by atoms with Gasteiger partial charge in [-0.15, -0.1) is 0 Å². The van der Waals surface area contributed by atoms with Crippen LogP contribution in [-0.2, 0) is 16.1 Å². The Balaban J connectivity index is 1.97.